The van der Waals surface area contributed by atoms with Gasteiger partial charge in [-0.1, -0.05) is 25.4 Å². The number of nitrogens with zero attached hydrogens (tertiary/aromatic N) is 1. The molecule has 1 aromatic rings. The van der Waals surface area contributed by atoms with E-state index in [4.69, 9.17) is 9.26 Å². The van der Waals surface area contributed by atoms with Crippen molar-refractivity contribution in [3.8, 4) is 0 Å². The van der Waals surface area contributed by atoms with E-state index >= 15 is 0 Å². The molecule has 1 spiro atoms. The maximum atomic E-state index is 5.88. The van der Waals surface area contributed by atoms with Gasteiger partial charge < -0.3 is 14.6 Å². The molecule has 112 valence electrons. The lowest BCUT2D eigenvalue weighted by atomic mass is 9.51. The van der Waals surface area contributed by atoms with Crippen molar-refractivity contribution in [1.82, 2.24) is 10.5 Å². The van der Waals surface area contributed by atoms with E-state index in [1.165, 1.54) is 19.3 Å². The Bertz CT molecular complexity index is 451. The largest absolute Gasteiger partial charge is 0.378 e. The zero-order chi connectivity index (χ0) is 14.2. The molecule has 20 heavy (non-hydrogen) atoms. The molecular formula is C16H26N2O2. The SMILES string of the molecule is CCO[C@@H]1C[C@@H](NCc2cc(C(C)C)no2)C12CCC2. The molecule has 1 N–H and O–H groups in total. The van der Waals surface area contributed by atoms with E-state index in [0.717, 1.165) is 31.0 Å². The molecule has 0 saturated heterocycles. The number of hydrogen-bond donors (Lipinski definition) is 1. The first-order valence-corrected chi connectivity index (χ1v) is 7.96. The molecule has 0 aliphatic heterocycles. The van der Waals surface area contributed by atoms with Crippen LogP contribution in [0.4, 0.5) is 0 Å². The first-order chi connectivity index (χ1) is 9.65. The second-order valence-electron chi connectivity index (χ2n) is 6.57. The summed E-state index contributed by atoms with van der Waals surface area (Å²) < 4.78 is 11.3. The third kappa shape index (κ3) is 2.29. The van der Waals surface area contributed by atoms with E-state index in [1.54, 1.807) is 0 Å². The Kier molecular flexibility index (Phi) is 3.87. The lowest BCUT2D eigenvalue weighted by Gasteiger charge is -2.61. The molecule has 2 fully saturated rings. The molecule has 2 atom stereocenters. The van der Waals surface area contributed by atoms with Crippen LogP contribution < -0.4 is 5.32 Å². The average Bonchev–Trinajstić information content (AvgIpc) is 2.79. The molecule has 3 rings (SSSR count). The third-order valence-electron chi connectivity index (χ3n) is 5.13. The van der Waals surface area contributed by atoms with Crippen LogP contribution in [0.25, 0.3) is 0 Å². The van der Waals surface area contributed by atoms with Crippen molar-refractivity contribution in [3.05, 3.63) is 17.5 Å². The zero-order valence-corrected chi connectivity index (χ0v) is 12.8. The smallest absolute Gasteiger partial charge is 0.150 e. The van der Waals surface area contributed by atoms with Crippen LogP contribution in [-0.2, 0) is 11.3 Å². The van der Waals surface area contributed by atoms with Crippen molar-refractivity contribution >= 4 is 0 Å². The van der Waals surface area contributed by atoms with Gasteiger partial charge in [0.25, 0.3) is 0 Å². The van der Waals surface area contributed by atoms with E-state index in [1.807, 2.05) is 0 Å². The number of aromatic nitrogens is 1. The van der Waals surface area contributed by atoms with Gasteiger partial charge in [0.05, 0.1) is 18.3 Å². The summed E-state index contributed by atoms with van der Waals surface area (Å²) in [7, 11) is 0. The highest BCUT2D eigenvalue weighted by Gasteiger charge is 2.58. The van der Waals surface area contributed by atoms with Gasteiger partial charge in [-0.05, 0) is 32.1 Å². The second-order valence-corrected chi connectivity index (χ2v) is 6.57. The van der Waals surface area contributed by atoms with Crippen molar-refractivity contribution in [2.45, 2.75) is 71.1 Å². The summed E-state index contributed by atoms with van der Waals surface area (Å²) in [6, 6.07) is 2.66. The van der Waals surface area contributed by atoms with Gasteiger partial charge in [-0.15, -0.1) is 0 Å². The van der Waals surface area contributed by atoms with Crippen molar-refractivity contribution in [2.24, 2.45) is 5.41 Å². The third-order valence-corrected chi connectivity index (χ3v) is 5.13. The van der Waals surface area contributed by atoms with E-state index in [-0.39, 0.29) is 0 Å². The van der Waals surface area contributed by atoms with Gasteiger partial charge in [-0.3, -0.25) is 0 Å². The molecule has 4 nitrogen and oxygen atoms in total. The maximum absolute atomic E-state index is 5.88. The fraction of sp³-hybridized carbons (Fsp3) is 0.812. The highest BCUT2D eigenvalue weighted by molar-refractivity contribution is 5.14. The average molecular weight is 278 g/mol. The second kappa shape index (κ2) is 5.49. The molecule has 0 bridgehead atoms. The maximum Gasteiger partial charge on any atom is 0.150 e. The Morgan fingerprint density at radius 3 is 2.85 bits per heavy atom. The van der Waals surface area contributed by atoms with Crippen LogP contribution in [0.15, 0.2) is 10.6 Å². The van der Waals surface area contributed by atoms with E-state index in [2.05, 4.69) is 37.3 Å². The number of nitrogens with one attached hydrogen (secondary N) is 1. The predicted octanol–water partition coefficient (Wildman–Crippen LogP) is 3.24. The molecule has 2 saturated carbocycles. The molecule has 1 aromatic heterocycles. The van der Waals surface area contributed by atoms with E-state index in [9.17, 15) is 0 Å². The Balaban J connectivity index is 1.54. The molecule has 0 amide bonds. The summed E-state index contributed by atoms with van der Waals surface area (Å²) in [5, 5.41) is 7.77. The van der Waals surface area contributed by atoms with Crippen molar-refractivity contribution in [2.75, 3.05) is 6.61 Å². The highest BCUT2D eigenvalue weighted by atomic mass is 16.5. The summed E-state index contributed by atoms with van der Waals surface area (Å²) >= 11 is 0. The van der Waals surface area contributed by atoms with Crippen LogP contribution in [0.5, 0.6) is 0 Å². The lowest BCUT2D eigenvalue weighted by molar-refractivity contribution is -0.173. The molecular weight excluding hydrogens is 252 g/mol. The minimum absolute atomic E-state index is 0.414. The summed E-state index contributed by atoms with van der Waals surface area (Å²) in [4.78, 5) is 0. The summed E-state index contributed by atoms with van der Waals surface area (Å²) in [6.07, 6.45) is 5.58. The standard InChI is InChI=1S/C16H26N2O2/c1-4-19-15-9-14(16(15)6-5-7-16)17-10-12-8-13(11(2)3)18-20-12/h8,11,14-15,17H,4-7,9-10H2,1-3H3/t14-,15-/m1/s1. The fourth-order valence-corrected chi connectivity index (χ4v) is 3.63. The number of hydrogen-bond acceptors (Lipinski definition) is 4. The van der Waals surface area contributed by atoms with Gasteiger partial charge in [-0.2, -0.15) is 0 Å². The van der Waals surface area contributed by atoms with Crippen molar-refractivity contribution in [3.63, 3.8) is 0 Å². The van der Waals surface area contributed by atoms with Gasteiger partial charge in [0.2, 0.25) is 0 Å². The minimum Gasteiger partial charge on any atom is -0.378 e. The summed E-state index contributed by atoms with van der Waals surface area (Å²) in [5.74, 6) is 1.37. The van der Waals surface area contributed by atoms with Crippen molar-refractivity contribution in [1.29, 1.82) is 0 Å². The molecule has 1 heterocycles. The van der Waals surface area contributed by atoms with Gasteiger partial charge in [-0.25, -0.2) is 0 Å². The molecule has 0 aromatic carbocycles. The van der Waals surface area contributed by atoms with Gasteiger partial charge in [0.15, 0.2) is 5.76 Å². The predicted molar refractivity (Wildman–Crippen MR) is 77.5 cm³/mol. The fourth-order valence-electron chi connectivity index (χ4n) is 3.63. The Morgan fingerprint density at radius 2 is 2.30 bits per heavy atom. The van der Waals surface area contributed by atoms with Crippen LogP contribution in [0, 0.1) is 5.41 Å². The monoisotopic (exact) mass is 278 g/mol. The Labute approximate surface area is 121 Å². The molecule has 0 unspecified atom stereocenters. The van der Waals surface area contributed by atoms with Crippen LogP contribution in [0.3, 0.4) is 0 Å². The number of rotatable bonds is 6. The first-order valence-electron chi connectivity index (χ1n) is 7.96. The van der Waals surface area contributed by atoms with E-state index in [0.29, 0.717) is 23.5 Å². The van der Waals surface area contributed by atoms with Crippen LogP contribution in [0.1, 0.15) is 63.8 Å². The Morgan fingerprint density at radius 1 is 1.50 bits per heavy atom. The normalized spacial score (nSPS) is 27.6. The van der Waals surface area contributed by atoms with Gasteiger partial charge in [0.1, 0.15) is 0 Å². The lowest BCUT2D eigenvalue weighted by Crippen LogP contribution is -2.66. The van der Waals surface area contributed by atoms with Crippen LogP contribution in [-0.4, -0.2) is 23.9 Å². The minimum atomic E-state index is 0.414. The van der Waals surface area contributed by atoms with Crippen LogP contribution in [0.2, 0.25) is 0 Å². The molecule has 2 aliphatic carbocycles. The topological polar surface area (TPSA) is 47.3 Å². The van der Waals surface area contributed by atoms with Gasteiger partial charge >= 0.3 is 0 Å². The van der Waals surface area contributed by atoms with Gasteiger partial charge in [0, 0.05) is 24.1 Å². The molecule has 0 radical (unpaired) electrons. The molecule has 2 aliphatic rings. The highest BCUT2D eigenvalue weighted by Crippen LogP contribution is 2.57. The zero-order valence-electron chi connectivity index (χ0n) is 12.8. The first kappa shape index (κ1) is 14.1. The van der Waals surface area contributed by atoms with Crippen LogP contribution >= 0.6 is 0 Å². The summed E-state index contributed by atoms with van der Waals surface area (Å²) in [5.41, 5.74) is 1.46. The Hall–Kier alpha value is -0.870. The number of ether oxygens (including phenoxy) is 1. The summed E-state index contributed by atoms with van der Waals surface area (Å²) in [6.45, 7) is 7.98. The van der Waals surface area contributed by atoms with Crippen molar-refractivity contribution < 1.29 is 9.26 Å². The van der Waals surface area contributed by atoms with E-state index < -0.39 is 0 Å². The quantitative estimate of drug-likeness (QED) is 0.868. The molecule has 4 heteroatoms.